The van der Waals surface area contributed by atoms with Crippen LogP contribution in [0.25, 0.3) is 11.0 Å². The quantitative estimate of drug-likeness (QED) is 0.772. The number of methoxy groups -OCH3 is 1. The van der Waals surface area contributed by atoms with Crippen LogP contribution in [0.4, 0.5) is 0 Å². The van der Waals surface area contributed by atoms with Gasteiger partial charge in [0, 0.05) is 23.2 Å². The third-order valence-electron chi connectivity index (χ3n) is 2.76. The van der Waals surface area contributed by atoms with Gasteiger partial charge in [0.2, 0.25) is 5.88 Å². The van der Waals surface area contributed by atoms with Gasteiger partial charge in [-0.2, -0.15) is 5.10 Å². The Labute approximate surface area is 109 Å². The molecule has 6 nitrogen and oxygen atoms in total. The van der Waals surface area contributed by atoms with E-state index >= 15 is 0 Å². The van der Waals surface area contributed by atoms with Gasteiger partial charge < -0.3 is 9.47 Å². The van der Waals surface area contributed by atoms with Crippen molar-refractivity contribution in [1.29, 1.82) is 0 Å². The summed E-state index contributed by atoms with van der Waals surface area (Å²) < 4.78 is 10.7. The van der Waals surface area contributed by atoms with E-state index in [4.69, 9.17) is 9.47 Å². The summed E-state index contributed by atoms with van der Waals surface area (Å²) in [7, 11) is 1.58. The fraction of sp³-hybridized carbons (Fsp3) is 0.154. The summed E-state index contributed by atoms with van der Waals surface area (Å²) in [6, 6.07) is 5.49. The first-order chi connectivity index (χ1) is 9.36. The van der Waals surface area contributed by atoms with Crippen LogP contribution < -0.4 is 9.47 Å². The molecule has 0 aliphatic carbocycles. The molecule has 3 aromatic rings. The highest BCUT2D eigenvalue weighted by molar-refractivity contribution is 5.77. The smallest absolute Gasteiger partial charge is 0.213 e. The first-order valence-electron chi connectivity index (χ1n) is 5.76. The Morgan fingerprint density at radius 2 is 2.11 bits per heavy atom. The van der Waals surface area contributed by atoms with Crippen LogP contribution in [-0.2, 0) is 6.61 Å². The van der Waals surface area contributed by atoms with Crippen molar-refractivity contribution >= 4 is 11.0 Å². The molecule has 0 spiro atoms. The third kappa shape index (κ3) is 2.33. The van der Waals surface area contributed by atoms with Crippen molar-refractivity contribution in [1.82, 2.24) is 20.2 Å². The van der Waals surface area contributed by atoms with Crippen molar-refractivity contribution in [3.63, 3.8) is 0 Å². The van der Waals surface area contributed by atoms with Gasteiger partial charge in [-0.3, -0.25) is 5.10 Å². The van der Waals surface area contributed by atoms with Crippen LogP contribution >= 0.6 is 0 Å². The molecule has 19 heavy (non-hydrogen) atoms. The van der Waals surface area contributed by atoms with Gasteiger partial charge in [-0.05, 0) is 12.1 Å². The first-order valence-corrected chi connectivity index (χ1v) is 5.76. The third-order valence-corrected chi connectivity index (χ3v) is 2.76. The molecular weight excluding hydrogens is 244 g/mol. The minimum absolute atomic E-state index is 0.437. The summed E-state index contributed by atoms with van der Waals surface area (Å²) in [5.74, 6) is 1.25. The molecule has 0 amide bonds. The van der Waals surface area contributed by atoms with E-state index < -0.39 is 0 Å². The fourth-order valence-electron chi connectivity index (χ4n) is 1.76. The number of rotatable bonds is 4. The average molecular weight is 256 g/mol. The van der Waals surface area contributed by atoms with Crippen LogP contribution in [0.3, 0.4) is 0 Å². The number of nitrogens with zero attached hydrogens (tertiary/aromatic N) is 3. The van der Waals surface area contributed by atoms with Crippen LogP contribution in [0.15, 0.2) is 36.8 Å². The number of ether oxygens (including phenoxy) is 2. The Morgan fingerprint density at radius 3 is 2.89 bits per heavy atom. The normalized spacial score (nSPS) is 10.6. The van der Waals surface area contributed by atoms with E-state index in [1.807, 2.05) is 12.1 Å². The number of aromatic amines is 1. The molecule has 1 N–H and O–H groups in total. The minimum atomic E-state index is 0.437. The van der Waals surface area contributed by atoms with Gasteiger partial charge in [0.1, 0.15) is 12.4 Å². The molecule has 6 heteroatoms. The van der Waals surface area contributed by atoms with Crippen molar-refractivity contribution in [3.05, 3.63) is 42.4 Å². The van der Waals surface area contributed by atoms with Crippen molar-refractivity contribution in [2.75, 3.05) is 7.11 Å². The van der Waals surface area contributed by atoms with E-state index in [1.165, 1.54) is 0 Å². The highest BCUT2D eigenvalue weighted by Gasteiger charge is 2.04. The molecule has 3 aromatic heterocycles. The van der Waals surface area contributed by atoms with E-state index in [0.717, 1.165) is 16.6 Å². The van der Waals surface area contributed by atoms with E-state index in [9.17, 15) is 0 Å². The zero-order valence-corrected chi connectivity index (χ0v) is 10.3. The Kier molecular flexibility index (Phi) is 2.97. The second-order valence-corrected chi connectivity index (χ2v) is 3.93. The predicted octanol–water partition coefficient (Wildman–Crippen LogP) is 1.94. The van der Waals surface area contributed by atoms with E-state index in [0.29, 0.717) is 18.2 Å². The van der Waals surface area contributed by atoms with Gasteiger partial charge in [-0.1, -0.05) is 0 Å². The van der Waals surface area contributed by atoms with Crippen molar-refractivity contribution in [2.24, 2.45) is 0 Å². The summed E-state index contributed by atoms with van der Waals surface area (Å²) in [6.45, 7) is 0.437. The molecule has 0 bridgehead atoms. The number of pyridine rings is 2. The minimum Gasteiger partial charge on any atom is -0.487 e. The van der Waals surface area contributed by atoms with Crippen LogP contribution in [-0.4, -0.2) is 27.3 Å². The SMILES string of the molecule is COc1ccc(OCc2ccnc3[nH]ncc23)cn1. The molecule has 96 valence electrons. The number of fused-ring (bicyclic) bond motifs is 1. The summed E-state index contributed by atoms with van der Waals surface area (Å²) in [6.07, 6.45) is 5.10. The molecule has 0 saturated heterocycles. The summed E-state index contributed by atoms with van der Waals surface area (Å²) in [5, 5.41) is 7.76. The highest BCUT2D eigenvalue weighted by Crippen LogP contribution is 2.18. The molecule has 0 unspecified atom stereocenters. The number of hydrogen-bond acceptors (Lipinski definition) is 5. The summed E-state index contributed by atoms with van der Waals surface area (Å²) >= 11 is 0. The molecule has 0 aromatic carbocycles. The van der Waals surface area contributed by atoms with Crippen LogP contribution in [0.1, 0.15) is 5.56 Å². The number of nitrogens with one attached hydrogen (secondary N) is 1. The lowest BCUT2D eigenvalue weighted by molar-refractivity contribution is 0.304. The van der Waals surface area contributed by atoms with Crippen molar-refractivity contribution in [2.45, 2.75) is 6.61 Å². The zero-order chi connectivity index (χ0) is 13.1. The van der Waals surface area contributed by atoms with E-state index in [-0.39, 0.29) is 0 Å². The first kappa shape index (κ1) is 11.5. The van der Waals surface area contributed by atoms with E-state index in [1.54, 1.807) is 31.8 Å². The van der Waals surface area contributed by atoms with Crippen LogP contribution in [0, 0.1) is 0 Å². The molecule has 3 heterocycles. The molecule has 0 atom stereocenters. The molecular formula is C13H12N4O2. The molecule has 0 aliphatic heterocycles. The Hall–Kier alpha value is -2.63. The van der Waals surface area contributed by atoms with Gasteiger partial charge >= 0.3 is 0 Å². The van der Waals surface area contributed by atoms with Crippen LogP contribution in [0.5, 0.6) is 11.6 Å². The second kappa shape index (κ2) is 4.93. The summed E-state index contributed by atoms with van der Waals surface area (Å²) in [5.41, 5.74) is 1.78. The van der Waals surface area contributed by atoms with Gasteiger partial charge in [-0.25, -0.2) is 9.97 Å². The maximum absolute atomic E-state index is 5.68. The lowest BCUT2D eigenvalue weighted by atomic mass is 10.2. The lowest BCUT2D eigenvalue weighted by Crippen LogP contribution is -1.97. The maximum atomic E-state index is 5.68. The zero-order valence-electron chi connectivity index (χ0n) is 10.3. The molecule has 0 aliphatic rings. The largest absolute Gasteiger partial charge is 0.487 e. The molecule has 0 fully saturated rings. The Balaban J connectivity index is 1.76. The van der Waals surface area contributed by atoms with Gasteiger partial charge in [0.25, 0.3) is 0 Å². The lowest BCUT2D eigenvalue weighted by Gasteiger charge is -2.07. The van der Waals surface area contributed by atoms with Gasteiger partial charge in [0.05, 0.1) is 19.5 Å². The molecule has 0 radical (unpaired) electrons. The number of H-pyrrole nitrogens is 1. The van der Waals surface area contributed by atoms with Gasteiger partial charge in [0.15, 0.2) is 5.65 Å². The average Bonchev–Trinajstić information content (AvgIpc) is 2.94. The fourth-order valence-corrected chi connectivity index (χ4v) is 1.76. The van der Waals surface area contributed by atoms with Crippen LogP contribution in [0.2, 0.25) is 0 Å². The summed E-state index contributed by atoms with van der Waals surface area (Å²) in [4.78, 5) is 8.26. The monoisotopic (exact) mass is 256 g/mol. The Morgan fingerprint density at radius 1 is 1.16 bits per heavy atom. The number of aromatic nitrogens is 4. The van der Waals surface area contributed by atoms with E-state index in [2.05, 4.69) is 20.2 Å². The Bertz CT molecular complexity index is 678. The molecule has 0 saturated carbocycles. The highest BCUT2D eigenvalue weighted by atomic mass is 16.5. The van der Waals surface area contributed by atoms with Crippen molar-refractivity contribution < 1.29 is 9.47 Å². The molecule has 3 rings (SSSR count). The maximum Gasteiger partial charge on any atom is 0.213 e. The topological polar surface area (TPSA) is 72.9 Å². The van der Waals surface area contributed by atoms with Gasteiger partial charge in [-0.15, -0.1) is 0 Å². The second-order valence-electron chi connectivity index (χ2n) is 3.93. The predicted molar refractivity (Wildman–Crippen MR) is 69.0 cm³/mol. The van der Waals surface area contributed by atoms with Crippen molar-refractivity contribution in [3.8, 4) is 11.6 Å². The number of hydrogen-bond donors (Lipinski definition) is 1. The standard InChI is InChI=1S/C13H12N4O2/c1-18-12-3-2-10(6-15-12)19-8-9-4-5-14-13-11(9)7-16-17-13/h2-7H,8H2,1H3,(H,14,16,17).